The Kier molecular flexibility index (Phi) is 44.5. The van der Waals surface area contributed by atoms with E-state index in [0.717, 1.165) is 19.3 Å². The highest BCUT2D eigenvalue weighted by Crippen LogP contribution is 2.25. The number of nitrogens with zero attached hydrogens (tertiary/aromatic N) is 1. The van der Waals surface area contributed by atoms with Gasteiger partial charge in [-0.1, -0.05) is 142 Å². The summed E-state index contributed by atoms with van der Waals surface area (Å²) >= 11 is 0. The Morgan fingerprint density at radius 1 is 0.578 bits per heavy atom. The number of phosphoric acid groups is 1. The predicted octanol–water partition coefficient (Wildman–Crippen LogP) is 8.16. The molecule has 1 amide bonds. The quantitative estimate of drug-likeness (QED) is 0.0254. The number of amides is 1. The van der Waals surface area contributed by atoms with E-state index in [2.05, 4.69) is 26.0 Å². The predicted molar refractivity (Wildman–Crippen MR) is 190 cm³/mol. The van der Waals surface area contributed by atoms with Gasteiger partial charge in [-0.05, 0) is 38.5 Å². The van der Waals surface area contributed by atoms with Crippen LogP contribution in [0.3, 0.4) is 0 Å². The lowest BCUT2D eigenvalue weighted by Crippen LogP contribution is -2.37. The van der Waals surface area contributed by atoms with E-state index in [0.29, 0.717) is 32.7 Å². The van der Waals surface area contributed by atoms with Crippen LogP contribution < -0.4 is 5.73 Å². The molecule has 10 heteroatoms. The maximum Gasteiger partial charge on any atom is 0.466 e. The number of aliphatic hydroxyl groups is 2. The number of allylic oxidation sites excluding steroid dienone is 2. The molecule has 0 spiro atoms. The molecular weight excluding hydrogens is 591 g/mol. The molecule has 0 radical (unpaired) electrons. The molecule has 0 aromatic heterocycles. The van der Waals surface area contributed by atoms with E-state index < -0.39 is 7.82 Å². The molecule has 0 aliphatic heterocycles. The first-order valence-electron chi connectivity index (χ1n) is 18.3. The largest absolute Gasteiger partial charge is 0.466 e. The average Bonchev–Trinajstić information content (AvgIpc) is 2.99. The minimum Gasteiger partial charge on any atom is -0.396 e. The molecule has 0 saturated heterocycles. The molecule has 0 bridgehead atoms. The smallest absolute Gasteiger partial charge is 0.396 e. The van der Waals surface area contributed by atoms with Crippen LogP contribution >= 0.6 is 7.82 Å². The summed E-state index contributed by atoms with van der Waals surface area (Å²) in [4.78, 5) is 35.2. The lowest BCUT2D eigenvalue weighted by atomic mass is 10.1. The van der Waals surface area contributed by atoms with Gasteiger partial charge in [0.15, 0.2) is 0 Å². The lowest BCUT2D eigenvalue weighted by molar-refractivity contribution is -0.131. The molecule has 7 N–H and O–H groups in total. The Hall–Kier alpha value is -0.800. The fourth-order valence-corrected chi connectivity index (χ4v) is 4.92. The Morgan fingerprint density at radius 3 is 1.29 bits per heavy atom. The van der Waals surface area contributed by atoms with Crippen LogP contribution in [-0.4, -0.2) is 68.5 Å². The first-order valence-corrected chi connectivity index (χ1v) is 19.9. The maximum absolute atomic E-state index is 12.0. The number of hydrogen-bond acceptors (Lipinski definition) is 5. The second kappa shape index (κ2) is 41.2. The van der Waals surface area contributed by atoms with Gasteiger partial charge in [-0.15, -0.1) is 0 Å². The molecule has 0 rings (SSSR count). The van der Waals surface area contributed by atoms with Gasteiger partial charge >= 0.3 is 7.82 Å². The van der Waals surface area contributed by atoms with Gasteiger partial charge in [0.2, 0.25) is 5.91 Å². The first kappa shape index (κ1) is 48.6. The van der Waals surface area contributed by atoms with Crippen LogP contribution in [0.5, 0.6) is 0 Å². The van der Waals surface area contributed by atoms with E-state index in [9.17, 15) is 4.79 Å². The van der Waals surface area contributed by atoms with E-state index >= 15 is 0 Å². The molecule has 0 aliphatic rings. The van der Waals surface area contributed by atoms with Crippen LogP contribution in [-0.2, 0) is 9.36 Å². The van der Waals surface area contributed by atoms with Gasteiger partial charge in [0.05, 0.1) is 6.61 Å². The number of carbonyl (C=O) groups excluding carboxylic acids is 1. The van der Waals surface area contributed by atoms with Crippen molar-refractivity contribution in [2.45, 2.75) is 174 Å². The Bertz CT molecular complexity index is 621. The molecule has 0 heterocycles. The van der Waals surface area contributed by atoms with Crippen molar-refractivity contribution in [3.63, 3.8) is 0 Å². The fraction of sp³-hybridized carbons (Fsp3) is 0.914. The molecule has 0 unspecified atom stereocenters. The summed E-state index contributed by atoms with van der Waals surface area (Å²) < 4.78 is 8.88. The number of hydrogen-bond donors (Lipinski definition) is 6. The zero-order valence-corrected chi connectivity index (χ0v) is 30.3. The fourth-order valence-electron chi connectivity index (χ4n) is 4.92. The summed E-state index contributed by atoms with van der Waals surface area (Å²) in [7, 11) is -4.64. The Morgan fingerprint density at radius 2 is 0.933 bits per heavy atom. The highest BCUT2D eigenvalue weighted by molar-refractivity contribution is 7.45. The van der Waals surface area contributed by atoms with Crippen molar-refractivity contribution >= 4 is 13.7 Å². The molecule has 0 saturated carbocycles. The number of unbranched alkanes of at least 4 members (excludes halogenated alkanes) is 21. The van der Waals surface area contributed by atoms with Gasteiger partial charge < -0.3 is 35.5 Å². The highest BCUT2D eigenvalue weighted by Gasteiger charge is 2.11. The van der Waals surface area contributed by atoms with Crippen LogP contribution in [0.2, 0.25) is 0 Å². The number of aliphatic hydroxyl groups excluding tert-OH is 2. The Balaban J connectivity index is -0.000000771. The standard InChI is InChI=1S/C22H44N2O2.C13H28O.H3O4P/c1-2-3-4-5-6-7-8-9-10-11-12-13-14-15-16-17-22(26)24(19-18-23)20-21-25;1-2-3-4-5-6-7-8-9-10-11-12-13-14;1-5(2,3)4/h9-10,25H,2-8,11-21,23H2,1H3;14H,2-13H2,1H3;(H3,1,2,3,4)/b10-9-;;. The number of rotatable bonds is 30. The van der Waals surface area contributed by atoms with E-state index in [1.54, 1.807) is 4.90 Å². The zero-order valence-electron chi connectivity index (χ0n) is 29.4. The minimum atomic E-state index is -4.64. The van der Waals surface area contributed by atoms with Gasteiger partial charge in [0.1, 0.15) is 0 Å². The molecule has 9 nitrogen and oxygen atoms in total. The molecule has 45 heavy (non-hydrogen) atoms. The van der Waals surface area contributed by atoms with Gasteiger partial charge in [-0.2, -0.15) is 0 Å². The lowest BCUT2D eigenvalue weighted by Gasteiger charge is -2.20. The monoisotopic (exact) mass is 667 g/mol. The van der Waals surface area contributed by atoms with Gasteiger partial charge in [-0.25, -0.2) is 4.57 Å². The second-order valence-corrected chi connectivity index (χ2v) is 13.0. The first-order chi connectivity index (χ1) is 21.7. The van der Waals surface area contributed by atoms with Gasteiger partial charge in [-0.3, -0.25) is 4.79 Å². The highest BCUT2D eigenvalue weighted by atomic mass is 31.2. The molecule has 0 fully saturated rings. The maximum atomic E-state index is 12.0. The van der Waals surface area contributed by atoms with E-state index in [-0.39, 0.29) is 12.5 Å². The molecule has 0 aromatic carbocycles. The van der Waals surface area contributed by atoms with Crippen LogP contribution in [0.25, 0.3) is 0 Å². The van der Waals surface area contributed by atoms with Crippen LogP contribution in [0, 0.1) is 0 Å². The van der Waals surface area contributed by atoms with Crippen molar-refractivity contribution in [2.75, 3.05) is 32.8 Å². The SMILES string of the molecule is CCCCCCCC/C=C\CCCCCCCC(=O)N(CCN)CCO.CCCCCCCCCCCCCO.O=P(O)(O)O. The summed E-state index contributed by atoms with van der Waals surface area (Å²) in [5.41, 5.74) is 5.50. The Labute approximate surface area is 277 Å². The molecule has 0 aromatic rings. The van der Waals surface area contributed by atoms with Crippen molar-refractivity contribution in [2.24, 2.45) is 5.73 Å². The van der Waals surface area contributed by atoms with Crippen molar-refractivity contribution in [3.05, 3.63) is 12.2 Å². The summed E-state index contributed by atoms with van der Waals surface area (Å²) in [6.45, 7) is 6.32. The second-order valence-electron chi connectivity index (χ2n) is 12.0. The molecule has 0 atom stereocenters. The van der Waals surface area contributed by atoms with Crippen molar-refractivity contribution in [1.29, 1.82) is 0 Å². The third-order valence-electron chi connectivity index (χ3n) is 7.54. The van der Waals surface area contributed by atoms with Crippen molar-refractivity contribution in [3.8, 4) is 0 Å². The topological polar surface area (TPSA) is 165 Å². The average molecular weight is 667 g/mol. The van der Waals surface area contributed by atoms with Crippen molar-refractivity contribution in [1.82, 2.24) is 4.90 Å². The van der Waals surface area contributed by atoms with Crippen molar-refractivity contribution < 1.29 is 34.3 Å². The van der Waals surface area contributed by atoms with E-state index in [1.807, 2.05) is 0 Å². The minimum absolute atomic E-state index is 0.0120. The van der Waals surface area contributed by atoms with E-state index in [4.69, 9.17) is 35.2 Å². The molecular formula is C35H75N2O7P. The van der Waals surface area contributed by atoms with E-state index in [1.165, 1.54) is 135 Å². The third kappa shape index (κ3) is 53.0. The summed E-state index contributed by atoms with van der Waals surface area (Å²) in [6.07, 6.45) is 36.5. The molecule has 272 valence electrons. The van der Waals surface area contributed by atoms with Crippen LogP contribution in [0.15, 0.2) is 12.2 Å². The summed E-state index contributed by atoms with van der Waals surface area (Å²) in [5, 5.41) is 17.6. The van der Waals surface area contributed by atoms with Gasteiger partial charge in [0, 0.05) is 32.7 Å². The summed E-state index contributed by atoms with van der Waals surface area (Å²) in [6, 6.07) is 0. The van der Waals surface area contributed by atoms with Gasteiger partial charge in [0.25, 0.3) is 0 Å². The van der Waals surface area contributed by atoms with Crippen LogP contribution in [0.1, 0.15) is 174 Å². The summed E-state index contributed by atoms with van der Waals surface area (Å²) in [5.74, 6) is 0.127. The van der Waals surface area contributed by atoms with Crippen LogP contribution in [0.4, 0.5) is 0 Å². The zero-order chi connectivity index (χ0) is 34.3. The molecule has 0 aliphatic carbocycles. The normalized spacial score (nSPS) is 11.2. The number of carbonyl (C=O) groups is 1. The number of nitrogens with two attached hydrogens (primary N) is 1. The third-order valence-corrected chi connectivity index (χ3v) is 7.54.